The van der Waals surface area contributed by atoms with Crippen molar-refractivity contribution in [1.82, 2.24) is 9.88 Å². The van der Waals surface area contributed by atoms with Gasteiger partial charge in [0.2, 0.25) is 0 Å². The van der Waals surface area contributed by atoms with Crippen LogP contribution in [0.5, 0.6) is 5.75 Å². The number of benzene rings is 2. The molecule has 26 heavy (non-hydrogen) atoms. The summed E-state index contributed by atoms with van der Waals surface area (Å²) >= 11 is 0. The number of carbonyl (C=O) groups is 1. The van der Waals surface area contributed by atoms with Gasteiger partial charge in [0.05, 0.1) is 6.61 Å². The van der Waals surface area contributed by atoms with Crippen molar-refractivity contribution in [1.29, 1.82) is 0 Å². The Morgan fingerprint density at radius 2 is 2.00 bits per heavy atom. The Balaban J connectivity index is 1.43. The molecule has 1 amide bonds. The van der Waals surface area contributed by atoms with Crippen LogP contribution in [0.15, 0.2) is 52.9 Å². The monoisotopic (exact) mass is 350 g/mol. The first kappa shape index (κ1) is 16.6. The highest BCUT2D eigenvalue weighted by atomic mass is 16.5. The van der Waals surface area contributed by atoms with Gasteiger partial charge in [-0.1, -0.05) is 18.2 Å². The summed E-state index contributed by atoms with van der Waals surface area (Å²) in [5.74, 6) is 1.85. The average molecular weight is 350 g/mol. The van der Waals surface area contributed by atoms with Crippen molar-refractivity contribution in [2.24, 2.45) is 0 Å². The van der Waals surface area contributed by atoms with Crippen molar-refractivity contribution in [3.63, 3.8) is 0 Å². The first-order valence-corrected chi connectivity index (χ1v) is 9.12. The standard InChI is InChI=1S/C21H22N2O3/c1-2-25-17-7-5-6-16(14-17)21(24)23-12-10-15(11-13-23)20-22-18-8-3-4-9-19(18)26-20/h3-9,14-15H,2,10-13H2,1H3. The molecule has 1 aromatic heterocycles. The van der Waals surface area contributed by atoms with Gasteiger partial charge in [-0.2, -0.15) is 0 Å². The number of piperidine rings is 1. The van der Waals surface area contributed by atoms with E-state index < -0.39 is 0 Å². The molecule has 1 aliphatic rings. The third-order valence-corrected chi connectivity index (χ3v) is 4.83. The number of ether oxygens (including phenoxy) is 1. The van der Waals surface area contributed by atoms with Gasteiger partial charge in [0.15, 0.2) is 11.5 Å². The molecule has 5 heteroatoms. The molecule has 3 aromatic rings. The summed E-state index contributed by atoms with van der Waals surface area (Å²) in [6.45, 7) is 3.95. The highest BCUT2D eigenvalue weighted by Crippen LogP contribution is 2.30. The number of likely N-dealkylation sites (tertiary alicyclic amines) is 1. The highest BCUT2D eigenvalue weighted by molar-refractivity contribution is 5.94. The number of para-hydroxylation sites is 2. The zero-order valence-electron chi connectivity index (χ0n) is 14.9. The number of fused-ring (bicyclic) bond motifs is 1. The maximum Gasteiger partial charge on any atom is 0.253 e. The first-order chi connectivity index (χ1) is 12.7. The summed E-state index contributed by atoms with van der Waals surface area (Å²) in [6, 6.07) is 15.2. The van der Waals surface area contributed by atoms with E-state index in [2.05, 4.69) is 4.98 Å². The minimum Gasteiger partial charge on any atom is -0.494 e. The Morgan fingerprint density at radius 3 is 2.77 bits per heavy atom. The van der Waals surface area contributed by atoms with E-state index in [4.69, 9.17) is 9.15 Å². The quantitative estimate of drug-likeness (QED) is 0.706. The molecule has 0 N–H and O–H groups in total. The van der Waals surface area contributed by atoms with Crippen LogP contribution in [-0.4, -0.2) is 35.5 Å². The van der Waals surface area contributed by atoms with Crippen LogP contribution in [0.3, 0.4) is 0 Å². The summed E-state index contributed by atoms with van der Waals surface area (Å²) in [7, 11) is 0. The molecule has 1 saturated heterocycles. The summed E-state index contributed by atoms with van der Waals surface area (Å²) in [4.78, 5) is 19.3. The zero-order chi connectivity index (χ0) is 17.9. The highest BCUT2D eigenvalue weighted by Gasteiger charge is 2.27. The van der Waals surface area contributed by atoms with Crippen LogP contribution in [0.25, 0.3) is 11.1 Å². The Labute approximate surface area is 152 Å². The van der Waals surface area contributed by atoms with Crippen molar-refractivity contribution in [2.45, 2.75) is 25.7 Å². The van der Waals surface area contributed by atoms with Gasteiger partial charge in [0.1, 0.15) is 11.3 Å². The largest absolute Gasteiger partial charge is 0.494 e. The van der Waals surface area contributed by atoms with E-state index in [1.54, 1.807) is 0 Å². The van der Waals surface area contributed by atoms with E-state index in [0.717, 1.165) is 35.6 Å². The fraction of sp³-hybridized carbons (Fsp3) is 0.333. The van der Waals surface area contributed by atoms with Gasteiger partial charge >= 0.3 is 0 Å². The molecule has 2 heterocycles. The first-order valence-electron chi connectivity index (χ1n) is 9.12. The van der Waals surface area contributed by atoms with Gasteiger partial charge in [0, 0.05) is 24.6 Å². The summed E-state index contributed by atoms with van der Waals surface area (Å²) < 4.78 is 11.4. The Bertz CT molecular complexity index is 877. The number of nitrogens with zero attached hydrogens (tertiary/aromatic N) is 2. The van der Waals surface area contributed by atoms with Gasteiger partial charge in [0.25, 0.3) is 5.91 Å². The molecule has 0 saturated carbocycles. The minimum atomic E-state index is 0.0579. The smallest absolute Gasteiger partial charge is 0.253 e. The normalized spacial score (nSPS) is 15.3. The van der Waals surface area contributed by atoms with Gasteiger partial charge in [-0.25, -0.2) is 4.98 Å². The van der Waals surface area contributed by atoms with Crippen molar-refractivity contribution >= 4 is 17.0 Å². The van der Waals surface area contributed by atoms with Crippen LogP contribution in [-0.2, 0) is 0 Å². The molecule has 0 atom stereocenters. The fourth-order valence-electron chi connectivity index (χ4n) is 3.46. The van der Waals surface area contributed by atoms with Gasteiger partial charge < -0.3 is 14.1 Å². The molecule has 4 rings (SSSR count). The molecular weight excluding hydrogens is 328 g/mol. The second-order valence-corrected chi connectivity index (χ2v) is 6.55. The molecule has 1 fully saturated rings. The average Bonchev–Trinajstić information content (AvgIpc) is 3.12. The maximum atomic E-state index is 12.8. The predicted molar refractivity (Wildman–Crippen MR) is 99.5 cm³/mol. The minimum absolute atomic E-state index is 0.0579. The molecule has 2 aromatic carbocycles. The topological polar surface area (TPSA) is 55.6 Å². The van der Waals surface area contributed by atoms with E-state index in [9.17, 15) is 4.79 Å². The van der Waals surface area contributed by atoms with E-state index in [-0.39, 0.29) is 11.8 Å². The van der Waals surface area contributed by atoms with Crippen LogP contribution in [0.1, 0.15) is 41.9 Å². The molecule has 5 nitrogen and oxygen atoms in total. The molecular formula is C21H22N2O3. The van der Waals surface area contributed by atoms with Crippen LogP contribution in [0.4, 0.5) is 0 Å². The Kier molecular flexibility index (Phi) is 4.61. The maximum absolute atomic E-state index is 12.8. The van der Waals surface area contributed by atoms with Gasteiger partial charge in [-0.05, 0) is 50.1 Å². The van der Waals surface area contributed by atoms with E-state index >= 15 is 0 Å². The lowest BCUT2D eigenvalue weighted by Gasteiger charge is -2.30. The van der Waals surface area contributed by atoms with Gasteiger partial charge in [-0.3, -0.25) is 4.79 Å². The Morgan fingerprint density at radius 1 is 1.19 bits per heavy atom. The van der Waals surface area contributed by atoms with E-state index in [1.807, 2.05) is 60.4 Å². The van der Waals surface area contributed by atoms with Crippen molar-refractivity contribution in [3.8, 4) is 5.75 Å². The number of hydrogen-bond acceptors (Lipinski definition) is 4. The number of oxazole rings is 1. The summed E-state index contributed by atoms with van der Waals surface area (Å²) in [5, 5.41) is 0. The third kappa shape index (κ3) is 3.29. The number of hydrogen-bond donors (Lipinski definition) is 0. The number of carbonyl (C=O) groups excluding carboxylic acids is 1. The van der Waals surface area contributed by atoms with E-state index in [1.165, 1.54) is 0 Å². The molecule has 0 unspecified atom stereocenters. The zero-order valence-corrected chi connectivity index (χ0v) is 14.9. The number of rotatable bonds is 4. The second-order valence-electron chi connectivity index (χ2n) is 6.55. The van der Waals surface area contributed by atoms with E-state index in [0.29, 0.717) is 25.3 Å². The number of amides is 1. The molecule has 134 valence electrons. The van der Waals surface area contributed by atoms with Crippen molar-refractivity contribution < 1.29 is 13.9 Å². The fourth-order valence-corrected chi connectivity index (χ4v) is 3.46. The van der Waals surface area contributed by atoms with Crippen LogP contribution < -0.4 is 4.74 Å². The molecule has 0 spiro atoms. The van der Waals surface area contributed by atoms with Gasteiger partial charge in [-0.15, -0.1) is 0 Å². The van der Waals surface area contributed by atoms with Crippen molar-refractivity contribution in [3.05, 3.63) is 60.0 Å². The predicted octanol–water partition coefficient (Wildman–Crippen LogP) is 4.25. The molecule has 0 aliphatic carbocycles. The molecule has 0 radical (unpaired) electrons. The lowest BCUT2D eigenvalue weighted by atomic mass is 9.96. The summed E-state index contributed by atoms with van der Waals surface area (Å²) in [6.07, 6.45) is 1.73. The lowest BCUT2D eigenvalue weighted by Crippen LogP contribution is -2.38. The Hall–Kier alpha value is -2.82. The third-order valence-electron chi connectivity index (χ3n) is 4.83. The molecule has 1 aliphatic heterocycles. The molecule has 0 bridgehead atoms. The lowest BCUT2D eigenvalue weighted by molar-refractivity contribution is 0.0706. The second kappa shape index (κ2) is 7.20. The SMILES string of the molecule is CCOc1cccc(C(=O)N2CCC(c3nc4ccccc4o3)CC2)c1. The van der Waals surface area contributed by atoms with Crippen LogP contribution in [0.2, 0.25) is 0 Å². The van der Waals surface area contributed by atoms with Crippen LogP contribution in [0, 0.1) is 0 Å². The van der Waals surface area contributed by atoms with Crippen LogP contribution >= 0.6 is 0 Å². The summed E-state index contributed by atoms with van der Waals surface area (Å²) in [5.41, 5.74) is 2.40. The number of aromatic nitrogens is 1. The van der Waals surface area contributed by atoms with Crippen molar-refractivity contribution in [2.75, 3.05) is 19.7 Å².